The molecule has 2 fully saturated rings. The molecule has 1 aliphatic carbocycles. The Balaban J connectivity index is 2.22. The van der Waals surface area contributed by atoms with Gasteiger partial charge in [-0.25, -0.2) is 0 Å². The van der Waals surface area contributed by atoms with E-state index >= 15 is 0 Å². The van der Waals surface area contributed by atoms with E-state index in [1.165, 1.54) is 6.42 Å². The molecule has 1 saturated carbocycles. The van der Waals surface area contributed by atoms with Crippen molar-refractivity contribution in [2.45, 2.75) is 56.3 Å². The lowest BCUT2D eigenvalue weighted by molar-refractivity contribution is 0.0999. The number of rotatable bonds is 1. The van der Waals surface area contributed by atoms with Crippen LogP contribution in [-0.4, -0.2) is 30.6 Å². The number of aliphatic hydroxyl groups excluding tert-OH is 1. The summed E-state index contributed by atoms with van der Waals surface area (Å²) in [6, 6.07) is 0. The van der Waals surface area contributed by atoms with Crippen LogP contribution in [0.15, 0.2) is 0 Å². The molecular formula is C9H18O2Si. The summed E-state index contributed by atoms with van der Waals surface area (Å²) in [4.78, 5) is 0. The molecule has 3 heteroatoms. The first-order chi connectivity index (χ1) is 5.48. The smallest absolute Gasteiger partial charge is 0.109 e. The molecule has 3 atom stereocenters. The van der Waals surface area contributed by atoms with Crippen LogP contribution in [0, 0.1) is 0 Å². The van der Waals surface area contributed by atoms with Gasteiger partial charge >= 0.3 is 0 Å². The zero-order valence-electron chi connectivity index (χ0n) is 8.13. The van der Waals surface area contributed by atoms with Gasteiger partial charge in [0.05, 0.1) is 20.3 Å². The van der Waals surface area contributed by atoms with Gasteiger partial charge in [0, 0.05) is 0 Å². The SMILES string of the molecule is C[Si](C)(C)[C@]12O[C@H]1CCC[C@H]2O. The summed E-state index contributed by atoms with van der Waals surface area (Å²) in [5.41, 5.74) is 0. The molecule has 0 aromatic rings. The van der Waals surface area contributed by atoms with E-state index in [9.17, 15) is 5.11 Å². The van der Waals surface area contributed by atoms with Crippen molar-refractivity contribution in [2.75, 3.05) is 0 Å². The molecule has 1 N–H and O–H groups in total. The Morgan fingerprint density at radius 1 is 1.33 bits per heavy atom. The molecule has 0 aromatic carbocycles. The van der Waals surface area contributed by atoms with Crippen molar-refractivity contribution in [3.05, 3.63) is 0 Å². The summed E-state index contributed by atoms with van der Waals surface area (Å²) in [6.45, 7) is 6.88. The third-order valence-electron chi connectivity index (χ3n) is 3.37. The van der Waals surface area contributed by atoms with Crippen LogP contribution >= 0.6 is 0 Å². The van der Waals surface area contributed by atoms with Gasteiger partial charge in [0.1, 0.15) is 5.22 Å². The maximum absolute atomic E-state index is 9.92. The van der Waals surface area contributed by atoms with Crippen LogP contribution in [-0.2, 0) is 4.74 Å². The number of aliphatic hydroxyl groups is 1. The van der Waals surface area contributed by atoms with Gasteiger partial charge in [-0.3, -0.25) is 0 Å². The van der Waals surface area contributed by atoms with Crippen molar-refractivity contribution < 1.29 is 9.84 Å². The van der Waals surface area contributed by atoms with Gasteiger partial charge in [-0.15, -0.1) is 0 Å². The van der Waals surface area contributed by atoms with Gasteiger partial charge in [-0.1, -0.05) is 19.6 Å². The second kappa shape index (κ2) is 2.34. The molecule has 0 unspecified atom stereocenters. The van der Waals surface area contributed by atoms with E-state index in [2.05, 4.69) is 19.6 Å². The molecule has 0 spiro atoms. The predicted molar refractivity (Wildman–Crippen MR) is 50.8 cm³/mol. The topological polar surface area (TPSA) is 32.8 Å². The summed E-state index contributed by atoms with van der Waals surface area (Å²) in [5.74, 6) is 0. The van der Waals surface area contributed by atoms with E-state index in [0.717, 1.165) is 12.8 Å². The van der Waals surface area contributed by atoms with E-state index < -0.39 is 8.07 Å². The molecule has 1 saturated heterocycles. The second-order valence-electron chi connectivity index (χ2n) is 5.10. The molecule has 2 nitrogen and oxygen atoms in total. The van der Waals surface area contributed by atoms with Gasteiger partial charge in [-0.2, -0.15) is 0 Å². The summed E-state index contributed by atoms with van der Waals surface area (Å²) in [5, 5.41) is 9.85. The van der Waals surface area contributed by atoms with E-state index in [1.807, 2.05) is 0 Å². The molecule has 2 rings (SSSR count). The summed E-state index contributed by atoms with van der Waals surface area (Å²) >= 11 is 0. The normalized spacial score (nSPS) is 47.0. The Kier molecular flexibility index (Phi) is 1.70. The molecule has 1 aliphatic heterocycles. The van der Waals surface area contributed by atoms with Crippen molar-refractivity contribution in [3.8, 4) is 0 Å². The minimum absolute atomic E-state index is 0.0642. The number of hydrogen-bond donors (Lipinski definition) is 1. The highest BCUT2D eigenvalue weighted by Gasteiger charge is 2.68. The van der Waals surface area contributed by atoms with Gasteiger partial charge in [0.25, 0.3) is 0 Å². The van der Waals surface area contributed by atoms with Crippen LogP contribution in [0.3, 0.4) is 0 Å². The fourth-order valence-electron chi connectivity index (χ4n) is 2.64. The lowest BCUT2D eigenvalue weighted by Crippen LogP contribution is -2.53. The van der Waals surface area contributed by atoms with Crippen molar-refractivity contribution >= 4 is 8.07 Å². The van der Waals surface area contributed by atoms with E-state index in [0.29, 0.717) is 6.10 Å². The minimum Gasteiger partial charge on any atom is -0.390 e. The van der Waals surface area contributed by atoms with Crippen LogP contribution < -0.4 is 0 Å². The van der Waals surface area contributed by atoms with E-state index in [4.69, 9.17) is 4.74 Å². The predicted octanol–water partition coefficient (Wildman–Crippen LogP) is 1.55. The number of hydrogen-bond acceptors (Lipinski definition) is 2. The Morgan fingerprint density at radius 3 is 2.42 bits per heavy atom. The van der Waals surface area contributed by atoms with Crippen molar-refractivity contribution in [2.24, 2.45) is 0 Å². The second-order valence-corrected chi connectivity index (χ2v) is 10.4. The maximum Gasteiger partial charge on any atom is 0.109 e. The summed E-state index contributed by atoms with van der Waals surface area (Å²) in [6.07, 6.45) is 3.47. The molecule has 12 heavy (non-hydrogen) atoms. The first-order valence-corrected chi connectivity index (χ1v) is 8.34. The van der Waals surface area contributed by atoms with Crippen molar-refractivity contribution in [3.63, 3.8) is 0 Å². The van der Waals surface area contributed by atoms with Crippen LogP contribution in [0.5, 0.6) is 0 Å². The van der Waals surface area contributed by atoms with Gasteiger partial charge < -0.3 is 9.84 Å². The molecule has 70 valence electrons. The zero-order valence-corrected chi connectivity index (χ0v) is 9.13. The Labute approximate surface area is 74.9 Å². The monoisotopic (exact) mass is 186 g/mol. The van der Waals surface area contributed by atoms with Gasteiger partial charge in [-0.05, 0) is 19.3 Å². The van der Waals surface area contributed by atoms with Gasteiger partial charge in [0.15, 0.2) is 0 Å². The largest absolute Gasteiger partial charge is 0.390 e. The maximum atomic E-state index is 9.92. The molecule has 0 radical (unpaired) electrons. The molecule has 0 aromatic heterocycles. The quantitative estimate of drug-likeness (QED) is 0.498. The standard InChI is InChI=1S/C9H18O2Si/c1-12(2,3)9-7(10)5-4-6-8(9)11-9/h7-8,10H,4-6H2,1-3H3/t7-,8+,9+/m1/s1. The number of ether oxygens (including phenoxy) is 1. The highest BCUT2D eigenvalue weighted by Crippen LogP contribution is 2.53. The van der Waals surface area contributed by atoms with Crippen molar-refractivity contribution in [1.82, 2.24) is 0 Å². The number of fused-ring (bicyclic) bond motifs is 1. The third-order valence-corrected chi connectivity index (χ3v) is 6.49. The Bertz CT molecular complexity index is 199. The molecule has 0 bridgehead atoms. The van der Waals surface area contributed by atoms with Crippen LogP contribution in [0.2, 0.25) is 19.6 Å². The van der Waals surface area contributed by atoms with E-state index in [-0.39, 0.29) is 11.3 Å². The van der Waals surface area contributed by atoms with E-state index in [1.54, 1.807) is 0 Å². The molecule has 2 aliphatic rings. The van der Waals surface area contributed by atoms with Crippen LogP contribution in [0.1, 0.15) is 19.3 Å². The van der Waals surface area contributed by atoms with Crippen LogP contribution in [0.4, 0.5) is 0 Å². The van der Waals surface area contributed by atoms with Crippen molar-refractivity contribution in [1.29, 1.82) is 0 Å². The van der Waals surface area contributed by atoms with Gasteiger partial charge in [0.2, 0.25) is 0 Å². The molecule has 1 heterocycles. The lowest BCUT2D eigenvalue weighted by atomic mass is 9.97. The lowest BCUT2D eigenvalue weighted by Gasteiger charge is -2.33. The Morgan fingerprint density at radius 2 is 2.00 bits per heavy atom. The average molecular weight is 186 g/mol. The highest BCUT2D eigenvalue weighted by molar-refractivity contribution is 6.80. The molecule has 0 amide bonds. The average Bonchev–Trinajstić information content (AvgIpc) is 2.62. The summed E-state index contributed by atoms with van der Waals surface area (Å²) < 4.78 is 5.75. The summed E-state index contributed by atoms with van der Waals surface area (Å²) in [7, 11) is -1.34. The number of epoxide rings is 1. The first kappa shape index (κ1) is 8.72. The first-order valence-electron chi connectivity index (χ1n) is 4.84. The Hall–Kier alpha value is 0.137. The third kappa shape index (κ3) is 0.932. The minimum atomic E-state index is -1.34. The van der Waals surface area contributed by atoms with Crippen LogP contribution in [0.25, 0.3) is 0 Å². The fraction of sp³-hybridized carbons (Fsp3) is 1.00. The highest BCUT2D eigenvalue weighted by atomic mass is 28.3. The fourth-order valence-corrected chi connectivity index (χ4v) is 5.39. The zero-order chi connectivity index (χ0) is 8.98. The molecular weight excluding hydrogens is 168 g/mol.